The second-order valence-corrected chi connectivity index (χ2v) is 8.68. The van der Waals surface area contributed by atoms with Crippen molar-refractivity contribution in [3.63, 3.8) is 0 Å². The third-order valence-corrected chi connectivity index (χ3v) is 6.49. The lowest BCUT2D eigenvalue weighted by Crippen LogP contribution is -2.38. The summed E-state index contributed by atoms with van der Waals surface area (Å²) < 4.78 is 0.968. The van der Waals surface area contributed by atoms with Gasteiger partial charge in [-0.1, -0.05) is 57.3 Å². The minimum atomic E-state index is -0.191. The van der Waals surface area contributed by atoms with Crippen LogP contribution in [0.25, 0.3) is 0 Å². The molecule has 1 aliphatic heterocycles. The molecule has 1 heterocycles. The summed E-state index contributed by atoms with van der Waals surface area (Å²) in [6, 6.07) is 13.3. The molecule has 0 aromatic heterocycles. The molecule has 1 amide bonds. The molecule has 1 aliphatic carbocycles. The summed E-state index contributed by atoms with van der Waals surface area (Å²) in [5.74, 6) is -0.177. The molecule has 1 N–H and O–H groups in total. The van der Waals surface area contributed by atoms with Crippen molar-refractivity contribution in [1.29, 1.82) is 0 Å². The minimum Gasteiger partial charge on any atom is -0.329 e. The van der Waals surface area contributed by atoms with E-state index in [1.54, 1.807) is 6.07 Å². The number of halogens is 3. The van der Waals surface area contributed by atoms with Gasteiger partial charge in [0.25, 0.3) is 0 Å². The Morgan fingerprint density at radius 2 is 1.59 bits per heavy atom. The summed E-state index contributed by atoms with van der Waals surface area (Å²) in [5.41, 5.74) is 3.44. The lowest BCUT2D eigenvalue weighted by atomic mass is 9.73. The van der Waals surface area contributed by atoms with Gasteiger partial charge in [0.2, 0.25) is 5.91 Å². The Bertz CT molecular complexity index is 969. The lowest BCUT2D eigenvalue weighted by molar-refractivity contribution is -0.122. The average molecular weight is 465 g/mol. The van der Waals surface area contributed by atoms with Crippen LogP contribution in [0.4, 0.5) is 0 Å². The number of carbonyl (C=O) groups is 2. The second-order valence-electron chi connectivity index (χ2n) is 6.95. The number of benzene rings is 2. The number of Topliss-reactive ketones (excluding diaryl/α,β-unsaturated/α-hetero) is 1. The molecule has 6 heteroatoms. The number of amides is 1. The number of nitrogens with one attached hydrogen (secondary N) is 1. The van der Waals surface area contributed by atoms with Gasteiger partial charge in [-0.05, 0) is 47.7 Å². The fourth-order valence-electron chi connectivity index (χ4n) is 3.94. The van der Waals surface area contributed by atoms with Crippen molar-refractivity contribution in [2.45, 2.75) is 31.1 Å². The molecule has 2 aromatic rings. The first kappa shape index (κ1) is 18.7. The summed E-state index contributed by atoms with van der Waals surface area (Å²) in [5, 5.41) is 3.90. The van der Waals surface area contributed by atoms with Gasteiger partial charge < -0.3 is 5.32 Å². The molecule has 0 radical (unpaired) electrons. The number of hydrogen-bond acceptors (Lipinski definition) is 2. The number of rotatable bonds is 2. The Kier molecular flexibility index (Phi) is 5.15. The largest absolute Gasteiger partial charge is 0.329 e. The zero-order valence-electron chi connectivity index (χ0n) is 14.3. The zero-order valence-corrected chi connectivity index (χ0v) is 17.4. The van der Waals surface area contributed by atoms with Crippen molar-refractivity contribution in [3.8, 4) is 0 Å². The molecule has 2 aliphatic rings. The maximum atomic E-state index is 13.0. The van der Waals surface area contributed by atoms with Crippen molar-refractivity contribution >= 4 is 50.8 Å². The first-order chi connectivity index (χ1) is 12.9. The number of hydrogen-bond donors (Lipinski definition) is 1. The van der Waals surface area contributed by atoms with E-state index in [4.69, 9.17) is 23.2 Å². The maximum Gasteiger partial charge on any atom is 0.225 e. The first-order valence-corrected chi connectivity index (χ1v) is 10.2. The third kappa shape index (κ3) is 3.71. The summed E-state index contributed by atoms with van der Waals surface area (Å²) in [7, 11) is 0. The highest BCUT2D eigenvalue weighted by atomic mass is 79.9. The minimum absolute atomic E-state index is 0.0185. The molecular formula is C21H16BrCl2NO2. The highest BCUT2D eigenvalue weighted by molar-refractivity contribution is 9.10. The normalized spacial score (nSPS) is 22.5. The van der Waals surface area contributed by atoms with Crippen LogP contribution in [0, 0.1) is 0 Å². The van der Waals surface area contributed by atoms with E-state index in [2.05, 4.69) is 21.2 Å². The number of carbonyl (C=O) groups excluding carboxylic acids is 2. The average Bonchev–Trinajstić information content (AvgIpc) is 2.63. The van der Waals surface area contributed by atoms with Crippen LogP contribution in [0.15, 0.2) is 58.2 Å². The highest BCUT2D eigenvalue weighted by Crippen LogP contribution is 2.43. The zero-order chi connectivity index (χ0) is 19.1. The van der Waals surface area contributed by atoms with Gasteiger partial charge in [-0.2, -0.15) is 0 Å². The van der Waals surface area contributed by atoms with Crippen LogP contribution in [0.3, 0.4) is 0 Å². The van der Waals surface area contributed by atoms with Gasteiger partial charge in [0.05, 0.1) is 10.0 Å². The van der Waals surface area contributed by atoms with Crippen molar-refractivity contribution in [1.82, 2.24) is 5.32 Å². The van der Waals surface area contributed by atoms with E-state index in [-0.39, 0.29) is 23.5 Å². The van der Waals surface area contributed by atoms with Gasteiger partial charge in [0.1, 0.15) is 0 Å². The molecule has 2 atom stereocenters. The van der Waals surface area contributed by atoms with E-state index in [1.807, 2.05) is 36.4 Å². The Labute approximate surface area is 175 Å². The summed E-state index contributed by atoms with van der Waals surface area (Å²) in [6.07, 6.45) is 1.31. The van der Waals surface area contributed by atoms with E-state index in [9.17, 15) is 9.59 Å². The molecule has 2 unspecified atom stereocenters. The van der Waals surface area contributed by atoms with Gasteiger partial charge in [-0.25, -0.2) is 0 Å². The number of ketones is 1. The van der Waals surface area contributed by atoms with Gasteiger partial charge in [-0.15, -0.1) is 0 Å². The summed E-state index contributed by atoms with van der Waals surface area (Å²) in [4.78, 5) is 25.4. The van der Waals surface area contributed by atoms with E-state index >= 15 is 0 Å². The molecule has 138 valence electrons. The quantitative estimate of drug-likeness (QED) is 0.613. The van der Waals surface area contributed by atoms with Gasteiger partial charge >= 0.3 is 0 Å². The van der Waals surface area contributed by atoms with Gasteiger partial charge in [0, 0.05) is 34.5 Å². The predicted octanol–water partition coefficient (Wildman–Crippen LogP) is 5.76. The maximum absolute atomic E-state index is 13.0. The molecule has 2 aromatic carbocycles. The molecule has 0 spiro atoms. The van der Waals surface area contributed by atoms with E-state index in [0.717, 1.165) is 26.9 Å². The molecule has 0 saturated heterocycles. The molecular weight excluding hydrogens is 449 g/mol. The Balaban J connectivity index is 1.70. The fourth-order valence-corrected chi connectivity index (χ4v) is 4.51. The molecule has 27 heavy (non-hydrogen) atoms. The van der Waals surface area contributed by atoms with E-state index in [0.29, 0.717) is 29.3 Å². The van der Waals surface area contributed by atoms with Crippen molar-refractivity contribution in [3.05, 3.63) is 79.4 Å². The monoisotopic (exact) mass is 463 g/mol. The van der Waals surface area contributed by atoms with Crippen LogP contribution >= 0.6 is 39.1 Å². The Morgan fingerprint density at radius 3 is 2.30 bits per heavy atom. The van der Waals surface area contributed by atoms with Crippen LogP contribution in [-0.4, -0.2) is 11.7 Å². The van der Waals surface area contributed by atoms with Crippen LogP contribution in [-0.2, 0) is 9.59 Å². The van der Waals surface area contributed by atoms with Crippen molar-refractivity contribution < 1.29 is 9.59 Å². The topological polar surface area (TPSA) is 46.2 Å². The molecule has 4 rings (SSSR count). The Hall–Kier alpha value is -1.62. The molecule has 0 saturated carbocycles. The standard InChI is InChI=1S/C21H16BrCl2NO2/c22-14-4-1-11(2-5-14)15-10-20(27)25-18-8-13(9-19(26)21(15)18)12-3-6-16(23)17(24)7-12/h1-7,13,15H,8-10H2,(H,25,27). The number of allylic oxidation sites excluding steroid dienone is 2. The van der Waals surface area contributed by atoms with Crippen LogP contribution in [0.5, 0.6) is 0 Å². The first-order valence-electron chi connectivity index (χ1n) is 8.69. The Morgan fingerprint density at radius 1 is 0.889 bits per heavy atom. The fraction of sp³-hybridized carbons (Fsp3) is 0.238. The summed E-state index contributed by atoms with van der Waals surface area (Å²) >= 11 is 15.6. The molecule has 0 bridgehead atoms. The van der Waals surface area contributed by atoms with Gasteiger partial charge in [0.15, 0.2) is 5.78 Å². The third-order valence-electron chi connectivity index (χ3n) is 5.22. The van der Waals surface area contributed by atoms with Crippen LogP contribution < -0.4 is 5.32 Å². The predicted molar refractivity (Wildman–Crippen MR) is 110 cm³/mol. The SMILES string of the molecule is O=C1CC(c2ccc(Br)cc2)C2=C(CC(c3ccc(Cl)c(Cl)c3)CC2=O)N1. The lowest BCUT2D eigenvalue weighted by Gasteiger charge is -2.34. The van der Waals surface area contributed by atoms with E-state index in [1.165, 1.54) is 0 Å². The van der Waals surface area contributed by atoms with Gasteiger partial charge in [-0.3, -0.25) is 9.59 Å². The molecule has 0 fully saturated rings. The van der Waals surface area contributed by atoms with Crippen molar-refractivity contribution in [2.24, 2.45) is 0 Å². The second kappa shape index (κ2) is 7.42. The van der Waals surface area contributed by atoms with E-state index < -0.39 is 0 Å². The smallest absolute Gasteiger partial charge is 0.225 e. The molecule has 3 nitrogen and oxygen atoms in total. The summed E-state index contributed by atoms with van der Waals surface area (Å²) in [6.45, 7) is 0. The van der Waals surface area contributed by atoms with Crippen LogP contribution in [0.1, 0.15) is 42.2 Å². The van der Waals surface area contributed by atoms with Crippen LogP contribution in [0.2, 0.25) is 10.0 Å². The van der Waals surface area contributed by atoms with Crippen molar-refractivity contribution in [2.75, 3.05) is 0 Å². The highest BCUT2D eigenvalue weighted by Gasteiger charge is 2.38.